The molecule has 0 unspecified atom stereocenters. The molecule has 0 spiro atoms. The van der Waals surface area contributed by atoms with Crippen LogP contribution in [-0.2, 0) is 11.3 Å². The second-order valence-corrected chi connectivity index (χ2v) is 6.37. The van der Waals surface area contributed by atoms with Gasteiger partial charge < -0.3 is 19.2 Å². The van der Waals surface area contributed by atoms with Crippen LogP contribution in [0.15, 0.2) is 46.6 Å². The Morgan fingerprint density at radius 2 is 2.15 bits per heavy atom. The number of hydrogen-bond donors (Lipinski definition) is 1. The minimum absolute atomic E-state index is 0.00270. The summed E-state index contributed by atoms with van der Waals surface area (Å²) in [6.07, 6.45) is 3.98. The van der Waals surface area contributed by atoms with Crippen LogP contribution < -0.4 is 14.8 Å². The monoisotopic (exact) mass is 368 g/mol. The van der Waals surface area contributed by atoms with E-state index in [1.54, 1.807) is 37.4 Å². The first kappa shape index (κ1) is 20.1. The van der Waals surface area contributed by atoms with Gasteiger partial charge in [-0.25, -0.2) is 0 Å². The number of hydrogen-bond acceptors (Lipinski definition) is 5. The van der Waals surface area contributed by atoms with Gasteiger partial charge in [0.2, 0.25) is 0 Å². The Balaban J connectivity index is 2.07. The summed E-state index contributed by atoms with van der Waals surface area (Å²) < 4.78 is 16.3. The second kappa shape index (κ2) is 10.1. The summed E-state index contributed by atoms with van der Waals surface area (Å²) in [4.78, 5) is 12.2. The van der Waals surface area contributed by atoms with Gasteiger partial charge in [0.15, 0.2) is 11.5 Å². The SMILES string of the molecule is COc1cc(/C=C(/C#N)C(=O)NCc2ccco2)ccc1OCCC(C)C. The van der Waals surface area contributed by atoms with E-state index >= 15 is 0 Å². The third-order valence-corrected chi connectivity index (χ3v) is 3.82. The van der Waals surface area contributed by atoms with E-state index < -0.39 is 5.91 Å². The molecule has 142 valence electrons. The van der Waals surface area contributed by atoms with Gasteiger partial charge in [-0.15, -0.1) is 0 Å². The largest absolute Gasteiger partial charge is 0.493 e. The molecule has 1 amide bonds. The fourth-order valence-corrected chi connectivity index (χ4v) is 2.29. The number of nitrogens with one attached hydrogen (secondary N) is 1. The van der Waals surface area contributed by atoms with Gasteiger partial charge >= 0.3 is 0 Å². The maximum atomic E-state index is 12.2. The Morgan fingerprint density at radius 3 is 2.78 bits per heavy atom. The molecule has 6 nitrogen and oxygen atoms in total. The van der Waals surface area contributed by atoms with E-state index in [0.29, 0.717) is 35.3 Å². The van der Waals surface area contributed by atoms with Crippen LogP contribution in [0.1, 0.15) is 31.6 Å². The first-order valence-corrected chi connectivity index (χ1v) is 8.76. The fraction of sp³-hybridized carbons (Fsp3) is 0.333. The molecule has 27 heavy (non-hydrogen) atoms. The molecule has 2 aromatic rings. The number of furan rings is 1. The highest BCUT2D eigenvalue weighted by Gasteiger charge is 2.11. The van der Waals surface area contributed by atoms with Crippen LogP contribution in [0, 0.1) is 17.2 Å². The number of amides is 1. The minimum atomic E-state index is -0.467. The molecular formula is C21H24N2O4. The summed E-state index contributed by atoms with van der Waals surface area (Å²) in [5.74, 6) is 1.89. The molecule has 0 fully saturated rings. The Bertz CT molecular complexity index is 817. The first-order valence-electron chi connectivity index (χ1n) is 8.76. The molecule has 0 aliphatic carbocycles. The molecule has 2 rings (SSSR count). The fourth-order valence-electron chi connectivity index (χ4n) is 2.29. The molecule has 0 saturated carbocycles. The molecule has 0 aliphatic heterocycles. The Hall–Kier alpha value is -3.20. The van der Waals surface area contributed by atoms with E-state index in [1.807, 2.05) is 6.07 Å². The Morgan fingerprint density at radius 1 is 1.33 bits per heavy atom. The number of carbonyl (C=O) groups is 1. The smallest absolute Gasteiger partial charge is 0.262 e. The summed E-state index contributed by atoms with van der Waals surface area (Å²) in [6.45, 7) is 5.09. The van der Waals surface area contributed by atoms with Crippen molar-refractivity contribution in [1.82, 2.24) is 5.32 Å². The summed E-state index contributed by atoms with van der Waals surface area (Å²) in [6, 6.07) is 10.7. The molecule has 0 saturated heterocycles. The van der Waals surface area contributed by atoms with Crippen LogP contribution in [0.25, 0.3) is 6.08 Å². The summed E-state index contributed by atoms with van der Waals surface area (Å²) in [5, 5.41) is 12.0. The number of nitrogens with zero attached hydrogens (tertiary/aromatic N) is 1. The predicted octanol–water partition coefficient (Wildman–Crippen LogP) is 3.94. The molecule has 0 aliphatic rings. The molecule has 6 heteroatoms. The molecule has 0 bridgehead atoms. The van der Waals surface area contributed by atoms with Crippen molar-refractivity contribution in [2.45, 2.75) is 26.8 Å². The molecule has 1 aromatic heterocycles. The second-order valence-electron chi connectivity index (χ2n) is 6.37. The molecule has 0 atom stereocenters. The van der Waals surface area contributed by atoms with Gasteiger partial charge in [0.1, 0.15) is 17.4 Å². The van der Waals surface area contributed by atoms with Crippen molar-refractivity contribution in [3.63, 3.8) is 0 Å². The quantitative estimate of drug-likeness (QED) is 0.535. The number of benzene rings is 1. The number of ether oxygens (including phenoxy) is 2. The van der Waals surface area contributed by atoms with Crippen LogP contribution in [-0.4, -0.2) is 19.6 Å². The van der Waals surface area contributed by atoms with Crippen molar-refractivity contribution in [3.8, 4) is 17.6 Å². The lowest BCUT2D eigenvalue weighted by Crippen LogP contribution is -2.23. The highest BCUT2D eigenvalue weighted by molar-refractivity contribution is 6.01. The number of rotatable bonds is 9. The summed E-state index contributed by atoms with van der Waals surface area (Å²) in [5.41, 5.74) is 0.671. The molecule has 1 N–H and O–H groups in total. The van der Waals surface area contributed by atoms with Crippen molar-refractivity contribution in [3.05, 3.63) is 53.5 Å². The Kier molecular flexibility index (Phi) is 7.50. The number of carbonyl (C=O) groups excluding carboxylic acids is 1. The third-order valence-electron chi connectivity index (χ3n) is 3.82. The van der Waals surface area contributed by atoms with Gasteiger partial charge in [-0.3, -0.25) is 4.79 Å². The maximum Gasteiger partial charge on any atom is 0.262 e. The average Bonchev–Trinajstić information content (AvgIpc) is 3.18. The van der Waals surface area contributed by atoms with E-state index in [2.05, 4.69) is 19.2 Å². The van der Waals surface area contributed by atoms with Gasteiger partial charge in [0.05, 0.1) is 26.5 Å². The molecular weight excluding hydrogens is 344 g/mol. The summed E-state index contributed by atoms with van der Waals surface area (Å²) in [7, 11) is 1.55. The zero-order valence-electron chi connectivity index (χ0n) is 15.8. The van der Waals surface area contributed by atoms with Gasteiger partial charge in [0.25, 0.3) is 5.91 Å². The number of methoxy groups -OCH3 is 1. The van der Waals surface area contributed by atoms with E-state index in [9.17, 15) is 10.1 Å². The third kappa shape index (κ3) is 6.23. The lowest BCUT2D eigenvalue weighted by Gasteiger charge is -2.12. The first-order chi connectivity index (χ1) is 13.0. The van der Waals surface area contributed by atoms with Crippen LogP contribution >= 0.6 is 0 Å². The van der Waals surface area contributed by atoms with Crippen molar-refractivity contribution >= 4 is 12.0 Å². The molecule has 1 aromatic carbocycles. The lowest BCUT2D eigenvalue weighted by molar-refractivity contribution is -0.117. The van der Waals surface area contributed by atoms with Gasteiger partial charge in [-0.05, 0) is 48.2 Å². The van der Waals surface area contributed by atoms with Crippen LogP contribution in [0.4, 0.5) is 0 Å². The number of nitriles is 1. The van der Waals surface area contributed by atoms with Crippen LogP contribution in [0.3, 0.4) is 0 Å². The van der Waals surface area contributed by atoms with Crippen molar-refractivity contribution in [2.75, 3.05) is 13.7 Å². The van der Waals surface area contributed by atoms with Gasteiger partial charge in [-0.1, -0.05) is 19.9 Å². The van der Waals surface area contributed by atoms with Gasteiger partial charge in [-0.2, -0.15) is 5.26 Å². The minimum Gasteiger partial charge on any atom is -0.493 e. The topological polar surface area (TPSA) is 84.5 Å². The highest BCUT2D eigenvalue weighted by atomic mass is 16.5. The van der Waals surface area contributed by atoms with Crippen molar-refractivity contribution in [1.29, 1.82) is 5.26 Å². The zero-order chi connectivity index (χ0) is 19.6. The predicted molar refractivity (Wildman–Crippen MR) is 102 cm³/mol. The van der Waals surface area contributed by atoms with Crippen molar-refractivity contribution < 1.29 is 18.7 Å². The highest BCUT2D eigenvalue weighted by Crippen LogP contribution is 2.29. The normalized spacial score (nSPS) is 11.1. The summed E-state index contributed by atoms with van der Waals surface area (Å²) >= 11 is 0. The van der Waals surface area contributed by atoms with Gasteiger partial charge in [0, 0.05) is 0 Å². The molecule has 1 heterocycles. The van der Waals surface area contributed by atoms with E-state index in [1.165, 1.54) is 12.3 Å². The standard InChI is InChI=1S/C21H24N2O4/c1-15(2)8-10-27-19-7-6-16(12-20(19)25-3)11-17(13-22)21(24)23-14-18-5-4-9-26-18/h4-7,9,11-12,15H,8,10,14H2,1-3H3,(H,23,24)/b17-11-. The van der Waals surface area contributed by atoms with E-state index in [4.69, 9.17) is 13.9 Å². The van der Waals surface area contributed by atoms with Crippen LogP contribution in [0.5, 0.6) is 11.5 Å². The van der Waals surface area contributed by atoms with Crippen molar-refractivity contribution in [2.24, 2.45) is 5.92 Å². The lowest BCUT2D eigenvalue weighted by atomic mass is 10.1. The van der Waals surface area contributed by atoms with Crippen LogP contribution in [0.2, 0.25) is 0 Å². The zero-order valence-corrected chi connectivity index (χ0v) is 15.8. The average molecular weight is 368 g/mol. The Labute approximate surface area is 159 Å². The van der Waals surface area contributed by atoms with E-state index in [0.717, 1.165) is 6.42 Å². The molecule has 0 radical (unpaired) electrons. The van der Waals surface area contributed by atoms with E-state index in [-0.39, 0.29) is 12.1 Å². The maximum absolute atomic E-state index is 12.2.